The number of hydrogen-bond donors (Lipinski definition) is 1. The molecule has 15 heavy (non-hydrogen) atoms. The molecule has 0 unspecified atom stereocenters. The zero-order valence-corrected chi connectivity index (χ0v) is 9.77. The Labute approximate surface area is 93.8 Å². The molecule has 0 radical (unpaired) electrons. The van der Waals surface area contributed by atoms with Crippen LogP contribution < -0.4 is 5.73 Å². The van der Waals surface area contributed by atoms with E-state index in [9.17, 15) is 0 Å². The summed E-state index contributed by atoms with van der Waals surface area (Å²) < 4.78 is 0. The zero-order chi connectivity index (χ0) is 10.8. The zero-order valence-electron chi connectivity index (χ0n) is 8.95. The van der Waals surface area contributed by atoms with E-state index in [2.05, 4.69) is 37.0 Å². The largest absolute Gasteiger partial charge is 0.383 e. The summed E-state index contributed by atoms with van der Waals surface area (Å²) in [6, 6.07) is 6.58. The Morgan fingerprint density at radius 1 is 1.20 bits per heavy atom. The summed E-state index contributed by atoms with van der Waals surface area (Å²) >= 11 is 1.62. The van der Waals surface area contributed by atoms with Crippen molar-refractivity contribution in [2.45, 2.75) is 20.3 Å². The maximum absolute atomic E-state index is 5.59. The monoisotopic (exact) mass is 218 g/mol. The molecular formula is C12H14N2S. The number of thiazole rings is 1. The Kier molecular flexibility index (Phi) is 2.73. The third-order valence-electron chi connectivity index (χ3n) is 2.21. The Morgan fingerprint density at radius 2 is 1.87 bits per heavy atom. The average Bonchev–Trinajstić information content (AvgIpc) is 2.49. The fourth-order valence-corrected chi connectivity index (χ4v) is 2.47. The number of nitrogens with two attached hydrogens (primary N) is 1. The highest BCUT2D eigenvalue weighted by Gasteiger charge is 2.02. The third-order valence-corrected chi connectivity index (χ3v) is 3.07. The Morgan fingerprint density at radius 3 is 2.40 bits per heavy atom. The summed E-state index contributed by atoms with van der Waals surface area (Å²) in [5.41, 5.74) is 9.50. The molecule has 2 nitrogen and oxygen atoms in total. The lowest BCUT2D eigenvalue weighted by Crippen LogP contribution is -1.91. The highest BCUT2D eigenvalue weighted by molar-refractivity contribution is 7.10. The number of nitrogen functional groups attached to an aromatic ring is 1. The first-order chi connectivity index (χ1) is 7.13. The van der Waals surface area contributed by atoms with E-state index >= 15 is 0 Å². The number of benzene rings is 1. The van der Waals surface area contributed by atoms with Gasteiger partial charge in [0.25, 0.3) is 0 Å². The molecule has 0 spiro atoms. The molecule has 3 heteroatoms. The van der Waals surface area contributed by atoms with E-state index in [-0.39, 0.29) is 0 Å². The molecule has 0 saturated heterocycles. The minimum absolute atomic E-state index is 0.624. The second-order valence-electron chi connectivity index (χ2n) is 3.84. The van der Waals surface area contributed by atoms with Gasteiger partial charge in [0, 0.05) is 11.8 Å². The summed E-state index contributed by atoms with van der Waals surface area (Å²) in [5, 5.41) is 2.97. The molecule has 78 valence electrons. The molecule has 2 N–H and O–H groups in total. The molecule has 0 fully saturated rings. The van der Waals surface area contributed by atoms with Crippen LogP contribution in [0.25, 0.3) is 0 Å². The first-order valence-electron chi connectivity index (χ1n) is 4.90. The van der Waals surface area contributed by atoms with Crippen LogP contribution in [0.1, 0.15) is 21.7 Å². The van der Waals surface area contributed by atoms with Crippen LogP contribution in [-0.4, -0.2) is 4.98 Å². The van der Waals surface area contributed by atoms with Gasteiger partial charge >= 0.3 is 0 Å². The lowest BCUT2D eigenvalue weighted by atomic mass is 10.1. The lowest BCUT2D eigenvalue weighted by molar-refractivity contribution is 1.13. The molecule has 1 heterocycles. The van der Waals surface area contributed by atoms with Crippen molar-refractivity contribution in [1.82, 2.24) is 4.98 Å². The van der Waals surface area contributed by atoms with Gasteiger partial charge in [-0.3, -0.25) is 0 Å². The fraction of sp³-hybridized carbons (Fsp3) is 0.250. The van der Waals surface area contributed by atoms with Crippen LogP contribution in [0.4, 0.5) is 5.82 Å². The SMILES string of the molecule is Cc1cc(C)cc(Cc2nc(N)cs2)c1. The molecule has 0 aliphatic heterocycles. The number of hydrogen-bond acceptors (Lipinski definition) is 3. The molecule has 0 amide bonds. The lowest BCUT2D eigenvalue weighted by Gasteiger charge is -2.02. The Hall–Kier alpha value is -1.35. The number of rotatable bonds is 2. The average molecular weight is 218 g/mol. The summed E-state index contributed by atoms with van der Waals surface area (Å²) in [4.78, 5) is 4.26. The second-order valence-corrected chi connectivity index (χ2v) is 4.78. The van der Waals surface area contributed by atoms with Crippen LogP contribution in [0, 0.1) is 13.8 Å². The Bertz CT molecular complexity index is 454. The van der Waals surface area contributed by atoms with Crippen LogP contribution in [0.15, 0.2) is 23.6 Å². The minimum Gasteiger partial charge on any atom is -0.383 e. The Balaban J connectivity index is 2.24. The van der Waals surface area contributed by atoms with Crippen molar-refractivity contribution < 1.29 is 0 Å². The van der Waals surface area contributed by atoms with Crippen LogP contribution in [-0.2, 0) is 6.42 Å². The molecule has 0 aliphatic carbocycles. The van der Waals surface area contributed by atoms with Gasteiger partial charge in [-0.2, -0.15) is 0 Å². The van der Waals surface area contributed by atoms with Gasteiger partial charge in [-0.15, -0.1) is 11.3 Å². The highest BCUT2D eigenvalue weighted by Crippen LogP contribution is 2.17. The number of aromatic nitrogens is 1. The van der Waals surface area contributed by atoms with E-state index in [0.717, 1.165) is 11.4 Å². The maximum atomic E-state index is 5.59. The normalized spacial score (nSPS) is 10.5. The van der Waals surface area contributed by atoms with Gasteiger partial charge < -0.3 is 5.73 Å². The van der Waals surface area contributed by atoms with Crippen molar-refractivity contribution in [3.63, 3.8) is 0 Å². The van der Waals surface area contributed by atoms with Gasteiger partial charge in [0.15, 0.2) is 0 Å². The molecule has 2 aromatic rings. The summed E-state index contributed by atoms with van der Waals surface area (Å²) in [7, 11) is 0. The van der Waals surface area contributed by atoms with Gasteiger partial charge in [-0.05, 0) is 19.4 Å². The fourth-order valence-electron chi connectivity index (χ4n) is 1.75. The van der Waals surface area contributed by atoms with E-state index < -0.39 is 0 Å². The van der Waals surface area contributed by atoms with E-state index in [4.69, 9.17) is 5.73 Å². The molecule has 1 aromatic heterocycles. The molecule has 0 aliphatic rings. The van der Waals surface area contributed by atoms with Gasteiger partial charge in [0.2, 0.25) is 0 Å². The highest BCUT2D eigenvalue weighted by atomic mass is 32.1. The van der Waals surface area contributed by atoms with E-state index in [1.165, 1.54) is 16.7 Å². The molecular weight excluding hydrogens is 204 g/mol. The van der Waals surface area contributed by atoms with Gasteiger partial charge in [-0.25, -0.2) is 4.98 Å². The smallest absolute Gasteiger partial charge is 0.134 e. The van der Waals surface area contributed by atoms with Crippen molar-refractivity contribution >= 4 is 17.2 Å². The van der Waals surface area contributed by atoms with Crippen LogP contribution in [0.3, 0.4) is 0 Å². The predicted octanol–water partition coefficient (Wildman–Crippen LogP) is 2.93. The van der Waals surface area contributed by atoms with Crippen molar-refractivity contribution in [2.75, 3.05) is 5.73 Å². The van der Waals surface area contributed by atoms with Crippen LogP contribution in [0.2, 0.25) is 0 Å². The van der Waals surface area contributed by atoms with Crippen LogP contribution in [0.5, 0.6) is 0 Å². The second kappa shape index (κ2) is 4.03. The van der Waals surface area contributed by atoms with Crippen molar-refractivity contribution in [3.8, 4) is 0 Å². The van der Waals surface area contributed by atoms with Crippen molar-refractivity contribution in [1.29, 1.82) is 0 Å². The van der Waals surface area contributed by atoms with Crippen LogP contribution >= 0.6 is 11.3 Å². The summed E-state index contributed by atoms with van der Waals surface area (Å²) in [5.74, 6) is 0.624. The van der Waals surface area contributed by atoms with Gasteiger partial charge in [-0.1, -0.05) is 29.3 Å². The number of aryl methyl sites for hydroxylation is 2. The molecule has 1 aromatic carbocycles. The first kappa shape index (κ1) is 10.2. The number of nitrogens with zero attached hydrogens (tertiary/aromatic N) is 1. The van der Waals surface area contributed by atoms with Gasteiger partial charge in [0.05, 0.1) is 5.01 Å². The molecule has 0 saturated carbocycles. The first-order valence-corrected chi connectivity index (χ1v) is 5.78. The van der Waals surface area contributed by atoms with Crippen molar-refractivity contribution in [2.24, 2.45) is 0 Å². The quantitative estimate of drug-likeness (QED) is 0.841. The van der Waals surface area contributed by atoms with E-state index in [1.54, 1.807) is 11.3 Å². The summed E-state index contributed by atoms with van der Waals surface area (Å²) in [6.07, 6.45) is 0.879. The molecule has 0 bridgehead atoms. The number of anilines is 1. The standard InChI is InChI=1S/C12H14N2S/c1-8-3-9(2)5-10(4-8)6-12-14-11(13)7-15-12/h3-5,7H,6,13H2,1-2H3. The van der Waals surface area contributed by atoms with Crippen molar-refractivity contribution in [3.05, 3.63) is 45.3 Å². The van der Waals surface area contributed by atoms with E-state index in [0.29, 0.717) is 5.82 Å². The maximum Gasteiger partial charge on any atom is 0.134 e. The summed E-state index contributed by atoms with van der Waals surface area (Å²) in [6.45, 7) is 4.24. The molecule has 2 rings (SSSR count). The predicted molar refractivity (Wildman–Crippen MR) is 65.2 cm³/mol. The minimum atomic E-state index is 0.624. The van der Waals surface area contributed by atoms with E-state index in [1.807, 2.05) is 5.38 Å². The van der Waals surface area contributed by atoms with Gasteiger partial charge in [0.1, 0.15) is 5.82 Å². The molecule has 0 atom stereocenters. The topological polar surface area (TPSA) is 38.9 Å². The third kappa shape index (κ3) is 2.57.